The Morgan fingerprint density at radius 2 is 2.07 bits per heavy atom. The molecule has 0 saturated carbocycles. The molecule has 6 heteroatoms. The van der Waals surface area contributed by atoms with Gasteiger partial charge >= 0.3 is 6.18 Å². The zero-order valence-corrected chi connectivity index (χ0v) is 11.1. The summed E-state index contributed by atoms with van der Waals surface area (Å²) < 4.78 is 37.0. The predicted octanol–water partition coefficient (Wildman–Crippen LogP) is 3.14. The van der Waals surface area contributed by atoms with Crippen molar-refractivity contribution in [1.82, 2.24) is 4.90 Å². The first-order valence-electron chi connectivity index (χ1n) is 4.89. The maximum Gasteiger partial charge on any atom is 0.402 e. The van der Waals surface area contributed by atoms with Gasteiger partial charge in [-0.1, -0.05) is 22.9 Å². The first-order chi connectivity index (χ1) is 6.82. The number of alkyl halides is 4. The Kier molecular flexibility index (Phi) is 4.80. The van der Waals surface area contributed by atoms with Crippen molar-refractivity contribution in [3.05, 3.63) is 0 Å². The molecule has 0 aromatic rings. The number of thioether (sulfide) groups is 1. The maximum atomic E-state index is 12.3. The largest absolute Gasteiger partial charge is 0.402 e. The molecule has 1 rings (SSSR count). The maximum absolute atomic E-state index is 12.3. The zero-order chi connectivity index (χ0) is 11.6. The van der Waals surface area contributed by atoms with Crippen LogP contribution < -0.4 is 0 Å². The second-order valence-corrected chi connectivity index (χ2v) is 6.41. The van der Waals surface area contributed by atoms with Crippen molar-refractivity contribution in [3.63, 3.8) is 0 Å². The molecule has 1 aliphatic heterocycles. The van der Waals surface area contributed by atoms with Gasteiger partial charge in [-0.05, 0) is 6.92 Å². The number of hydrogen-bond donors (Lipinski definition) is 0. The van der Waals surface area contributed by atoms with Gasteiger partial charge in [0.05, 0.1) is 0 Å². The molecule has 0 radical (unpaired) electrons. The molecule has 0 aromatic carbocycles. The van der Waals surface area contributed by atoms with Gasteiger partial charge in [0.2, 0.25) is 0 Å². The molecule has 0 N–H and O–H groups in total. The number of halogens is 4. The van der Waals surface area contributed by atoms with E-state index in [0.717, 1.165) is 12.3 Å². The molecule has 1 nitrogen and oxygen atoms in total. The van der Waals surface area contributed by atoms with Gasteiger partial charge in [0, 0.05) is 30.1 Å². The van der Waals surface area contributed by atoms with Crippen molar-refractivity contribution in [3.8, 4) is 0 Å². The highest BCUT2D eigenvalue weighted by Gasteiger charge is 2.40. The normalized spacial score (nSPS) is 31.6. The average molecular weight is 306 g/mol. The molecule has 0 spiro atoms. The Hall–Kier alpha value is 0.580. The van der Waals surface area contributed by atoms with Gasteiger partial charge in [-0.3, -0.25) is 4.90 Å². The SMILES string of the molecule is CC1SCCN(CC(Br)C(F)(F)F)C1C. The Labute approximate surface area is 101 Å². The number of nitrogens with zero attached hydrogens (tertiary/aromatic N) is 1. The van der Waals surface area contributed by atoms with Gasteiger partial charge in [0.1, 0.15) is 4.83 Å². The first kappa shape index (κ1) is 13.6. The highest BCUT2D eigenvalue weighted by atomic mass is 79.9. The van der Waals surface area contributed by atoms with Crippen LogP contribution in [0.5, 0.6) is 0 Å². The van der Waals surface area contributed by atoms with Gasteiger partial charge in [-0.15, -0.1) is 0 Å². The lowest BCUT2D eigenvalue weighted by Crippen LogP contribution is -2.49. The molecule has 15 heavy (non-hydrogen) atoms. The second-order valence-electron chi connectivity index (χ2n) is 3.82. The third-order valence-corrected chi connectivity index (χ3v) is 4.91. The molecule has 3 atom stereocenters. The lowest BCUT2D eigenvalue weighted by Gasteiger charge is -2.38. The third kappa shape index (κ3) is 3.82. The highest BCUT2D eigenvalue weighted by Crippen LogP contribution is 2.30. The minimum atomic E-state index is -4.15. The van der Waals surface area contributed by atoms with Crippen molar-refractivity contribution in [1.29, 1.82) is 0 Å². The first-order valence-corrected chi connectivity index (χ1v) is 6.85. The molecule has 3 unspecified atom stereocenters. The molecule has 1 heterocycles. The van der Waals surface area contributed by atoms with Crippen LogP contribution in [-0.4, -0.2) is 46.0 Å². The standard InChI is InChI=1S/C9H15BrF3NS/c1-6-7(2)15-4-3-14(6)5-8(10)9(11,12)13/h6-8H,3-5H2,1-2H3. The molecule has 90 valence electrons. The summed E-state index contributed by atoms with van der Waals surface area (Å²) in [7, 11) is 0. The fourth-order valence-corrected chi connectivity index (χ4v) is 3.10. The van der Waals surface area contributed by atoms with Crippen LogP contribution in [0.3, 0.4) is 0 Å². The zero-order valence-electron chi connectivity index (χ0n) is 8.72. The molecule has 1 saturated heterocycles. The number of rotatable bonds is 2. The Morgan fingerprint density at radius 3 is 2.60 bits per heavy atom. The summed E-state index contributed by atoms with van der Waals surface area (Å²) in [6.45, 7) is 4.86. The van der Waals surface area contributed by atoms with Gasteiger partial charge < -0.3 is 0 Å². The molecule has 1 fully saturated rings. The monoisotopic (exact) mass is 305 g/mol. The minimum absolute atomic E-state index is 0.0512. The van der Waals surface area contributed by atoms with E-state index in [-0.39, 0.29) is 12.6 Å². The van der Waals surface area contributed by atoms with E-state index >= 15 is 0 Å². The topological polar surface area (TPSA) is 3.24 Å². The van der Waals surface area contributed by atoms with E-state index in [9.17, 15) is 13.2 Å². The van der Waals surface area contributed by atoms with E-state index < -0.39 is 11.0 Å². The lowest BCUT2D eigenvalue weighted by molar-refractivity contribution is -0.131. The van der Waals surface area contributed by atoms with Crippen molar-refractivity contribution in [2.24, 2.45) is 0 Å². The van der Waals surface area contributed by atoms with E-state index in [2.05, 4.69) is 22.9 Å². The fourth-order valence-electron chi connectivity index (χ4n) is 1.56. The molecule has 0 aromatic heterocycles. The molecule has 0 amide bonds. The van der Waals surface area contributed by atoms with Crippen LogP contribution in [0.4, 0.5) is 13.2 Å². The number of hydrogen-bond acceptors (Lipinski definition) is 2. The average Bonchev–Trinajstić information content (AvgIpc) is 2.11. The van der Waals surface area contributed by atoms with E-state index in [4.69, 9.17) is 0 Å². The Bertz CT molecular complexity index is 212. The molecule has 0 bridgehead atoms. The van der Waals surface area contributed by atoms with Crippen molar-refractivity contribution < 1.29 is 13.2 Å². The summed E-state index contributed by atoms with van der Waals surface area (Å²) in [5.41, 5.74) is 0. The third-order valence-electron chi connectivity index (χ3n) is 2.76. The van der Waals surface area contributed by atoms with Crippen LogP contribution in [0.25, 0.3) is 0 Å². The van der Waals surface area contributed by atoms with E-state index in [0.29, 0.717) is 5.25 Å². The summed E-state index contributed by atoms with van der Waals surface area (Å²) >= 11 is 4.53. The van der Waals surface area contributed by atoms with Gasteiger partial charge in [0.15, 0.2) is 0 Å². The Morgan fingerprint density at radius 1 is 1.47 bits per heavy atom. The van der Waals surface area contributed by atoms with Crippen LogP contribution in [0.15, 0.2) is 0 Å². The molecular formula is C9H15BrF3NS. The fraction of sp³-hybridized carbons (Fsp3) is 1.00. The van der Waals surface area contributed by atoms with E-state index in [1.807, 2.05) is 23.6 Å². The van der Waals surface area contributed by atoms with Crippen LogP contribution in [0, 0.1) is 0 Å². The van der Waals surface area contributed by atoms with Crippen LogP contribution >= 0.6 is 27.7 Å². The summed E-state index contributed by atoms with van der Waals surface area (Å²) in [5.74, 6) is 0.920. The van der Waals surface area contributed by atoms with Crippen LogP contribution in [0.1, 0.15) is 13.8 Å². The van der Waals surface area contributed by atoms with Gasteiger partial charge in [-0.25, -0.2) is 0 Å². The van der Waals surface area contributed by atoms with Crippen LogP contribution in [0.2, 0.25) is 0 Å². The molecular weight excluding hydrogens is 291 g/mol. The van der Waals surface area contributed by atoms with Gasteiger partial charge in [-0.2, -0.15) is 24.9 Å². The van der Waals surface area contributed by atoms with Crippen molar-refractivity contribution in [2.45, 2.75) is 36.1 Å². The molecule has 0 aliphatic carbocycles. The summed E-state index contributed by atoms with van der Waals surface area (Å²) in [6.07, 6.45) is -4.15. The minimum Gasteiger partial charge on any atom is -0.297 e. The van der Waals surface area contributed by atoms with Crippen molar-refractivity contribution >= 4 is 27.7 Å². The highest BCUT2D eigenvalue weighted by molar-refractivity contribution is 9.09. The smallest absolute Gasteiger partial charge is 0.297 e. The van der Waals surface area contributed by atoms with Crippen LogP contribution in [-0.2, 0) is 0 Å². The van der Waals surface area contributed by atoms with E-state index in [1.54, 1.807) is 0 Å². The van der Waals surface area contributed by atoms with Gasteiger partial charge in [0.25, 0.3) is 0 Å². The van der Waals surface area contributed by atoms with E-state index in [1.165, 1.54) is 0 Å². The predicted molar refractivity (Wildman–Crippen MR) is 61.7 cm³/mol. The van der Waals surface area contributed by atoms with Crippen molar-refractivity contribution in [2.75, 3.05) is 18.8 Å². The Balaban J connectivity index is 2.50. The molecule has 1 aliphatic rings. The quantitative estimate of drug-likeness (QED) is 0.721. The summed E-state index contributed by atoms with van der Waals surface area (Å²) in [4.78, 5) is 0.497. The summed E-state index contributed by atoms with van der Waals surface area (Å²) in [5, 5.41) is 0.409. The second kappa shape index (κ2) is 5.27. The lowest BCUT2D eigenvalue weighted by atomic mass is 10.2. The summed E-state index contributed by atoms with van der Waals surface area (Å²) in [6, 6.07) is 0.214.